The predicted molar refractivity (Wildman–Crippen MR) is 73.3 cm³/mol. The third-order valence-electron chi connectivity index (χ3n) is 2.71. The first-order valence-electron chi connectivity index (χ1n) is 6.04. The summed E-state index contributed by atoms with van der Waals surface area (Å²) in [5, 5.41) is 1.05. The molecule has 2 N–H and O–H groups in total. The lowest BCUT2D eigenvalue weighted by Gasteiger charge is -2.18. The van der Waals surface area contributed by atoms with Crippen molar-refractivity contribution in [3.63, 3.8) is 0 Å². The molecule has 0 aliphatic heterocycles. The van der Waals surface area contributed by atoms with E-state index in [0.29, 0.717) is 12.5 Å². The SMILES string of the molecule is COC(c1nc(C(C)(C)C)c(CN)s1)C(C)C. The van der Waals surface area contributed by atoms with E-state index in [2.05, 4.69) is 34.6 Å². The van der Waals surface area contributed by atoms with Gasteiger partial charge < -0.3 is 10.5 Å². The molecule has 0 aliphatic carbocycles. The smallest absolute Gasteiger partial charge is 0.122 e. The van der Waals surface area contributed by atoms with E-state index in [0.717, 1.165) is 10.7 Å². The molecule has 0 aliphatic rings. The molecule has 0 saturated heterocycles. The van der Waals surface area contributed by atoms with Gasteiger partial charge in [-0.15, -0.1) is 11.3 Å². The minimum absolute atomic E-state index is 0.0404. The van der Waals surface area contributed by atoms with Gasteiger partial charge in [0.15, 0.2) is 0 Å². The zero-order chi connectivity index (χ0) is 13.2. The first kappa shape index (κ1) is 14.6. The molecule has 98 valence electrons. The third-order valence-corrected chi connectivity index (χ3v) is 3.85. The molecule has 0 fully saturated rings. The van der Waals surface area contributed by atoms with Crippen molar-refractivity contribution in [1.29, 1.82) is 0 Å². The van der Waals surface area contributed by atoms with E-state index in [4.69, 9.17) is 15.5 Å². The number of nitrogens with two attached hydrogens (primary N) is 1. The topological polar surface area (TPSA) is 48.1 Å². The molecule has 1 atom stereocenters. The molecule has 1 aromatic rings. The molecule has 0 spiro atoms. The summed E-state index contributed by atoms with van der Waals surface area (Å²) in [5.41, 5.74) is 6.96. The standard InChI is InChI=1S/C13H24N2OS/c1-8(2)10(16-6)12-15-11(13(3,4)5)9(7-14)17-12/h8,10H,7,14H2,1-6H3. The van der Waals surface area contributed by atoms with Crippen molar-refractivity contribution in [3.8, 4) is 0 Å². The van der Waals surface area contributed by atoms with E-state index in [1.54, 1.807) is 18.4 Å². The highest BCUT2D eigenvalue weighted by Gasteiger charge is 2.26. The number of ether oxygens (including phenoxy) is 1. The predicted octanol–water partition coefficient (Wildman–Crippen LogP) is 3.24. The highest BCUT2D eigenvalue weighted by atomic mass is 32.1. The van der Waals surface area contributed by atoms with Gasteiger partial charge in [-0.05, 0) is 5.92 Å². The van der Waals surface area contributed by atoms with Crippen LogP contribution in [0, 0.1) is 5.92 Å². The Kier molecular flexibility index (Phi) is 4.69. The van der Waals surface area contributed by atoms with Crippen molar-refractivity contribution in [2.45, 2.75) is 52.7 Å². The van der Waals surface area contributed by atoms with Gasteiger partial charge in [0.25, 0.3) is 0 Å². The van der Waals surface area contributed by atoms with Crippen molar-refractivity contribution in [1.82, 2.24) is 4.98 Å². The molecular weight excluding hydrogens is 232 g/mol. The first-order valence-corrected chi connectivity index (χ1v) is 6.85. The molecule has 0 radical (unpaired) electrons. The molecule has 3 nitrogen and oxygen atoms in total. The van der Waals surface area contributed by atoms with Crippen molar-refractivity contribution in [2.75, 3.05) is 7.11 Å². The Morgan fingerprint density at radius 3 is 2.24 bits per heavy atom. The van der Waals surface area contributed by atoms with E-state index in [1.807, 2.05) is 0 Å². The van der Waals surface area contributed by atoms with Crippen LogP contribution in [-0.4, -0.2) is 12.1 Å². The van der Waals surface area contributed by atoms with Crippen LogP contribution in [0.4, 0.5) is 0 Å². The molecule has 0 bridgehead atoms. The summed E-state index contributed by atoms with van der Waals surface area (Å²) >= 11 is 1.69. The summed E-state index contributed by atoms with van der Waals surface area (Å²) in [4.78, 5) is 5.93. The maximum absolute atomic E-state index is 5.81. The number of nitrogens with zero attached hydrogens (tertiary/aromatic N) is 1. The number of hydrogen-bond donors (Lipinski definition) is 1. The third kappa shape index (κ3) is 3.27. The van der Waals surface area contributed by atoms with Crippen LogP contribution in [0.3, 0.4) is 0 Å². The van der Waals surface area contributed by atoms with Gasteiger partial charge in [-0.3, -0.25) is 0 Å². The van der Waals surface area contributed by atoms with Gasteiger partial charge in [0.1, 0.15) is 11.1 Å². The van der Waals surface area contributed by atoms with Gasteiger partial charge >= 0.3 is 0 Å². The second-order valence-electron chi connectivity index (χ2n) is 5.68. The van der Waals surface area contributed by atoms with Crippen LogP contribution < -0.4 is 5.73 Å². The molecule has 4 heteroatoms. The molecule has 1 rings (SSSR count). The Labute approximate surface area is 108 Å². The fraction of sp³-hybridized carbons (Fsp3) is 0.769. The molecule has 0 saturated carbocycles. The normalized spacial score (nSPS) is 14.4. The maximum Gasteiger partial charge on any atom is 0.122 e. The Morgan fingerprint density at radius 1 is 1.35 bits per heavy atom. The van der Waals surface area contributed by atoms with E-state index in [-0.39, 0.29) is 11.5 Å². The highest BCUT2D eigenvalue weighted by molar-refractivity contribution is 7.11. The lowest BCUT2D eigenvalue weighted by Crippen LogP contribution is -2.16. The number of aromatic nitrogens is 1. The molecule has 1 heterocycles. The van der Waals surface area contributed by atoms with E-state index < -0.39 is 0 Å². The second kappa shape index (κ2) is 5.46. The number of methoxy groups -OCH3 is 1. The van der Waals surface area contributed by atoms with Crippen molar-refractivity contribution in [2.24, 2.45) is 11.7 Å². The number of rotatable bonds is 4. The van der Waals surface area contributed by atoms with Gasteiger partial charge in [0.2, 0.25) is 0 Å². The minimum atomic E-state index is 0.0404. The van der Waals surface area contributed by atoms with Crippen LogP contribution in [0.5, 0.6) is 0 Å². The first-order chi connectivity index (χ1) is 7.81. The average molecular weight is 256 g/mol. The quantitative estimate of drug-likeness (QED) is 0.899. The van der Waals surface area contributed by atoms with E-state index in [1.165, 1.54) is 4.88 Å². The molecule has 0 aromatic carbocycles. The molecule has 0 amide bonds. The summed E-state index contributed by atoms with van der Waals surface area (Å²) in [6.45, 7) is 11.4. The fourth-order valence-electron chi connectivity index (χ4n) is 1.87. The summed E-state index contributed by atoms with van der Waals surface area (Å²) in [7, 11) is 1.74. The summed E-state index contributed by atoms with van der Waals surface area (Å²) < 4.78 is 5.53. The molecular formula is C13H24N2OS. The Morgan fingerprint density at radius 2 is 1.94 bits per heavy atom. The fourth-order valence-corrected chi connectivity index (χ4v) is 3.28. The summed E-state index contributed by atoms with van der Waals surface area (Å²) in [6, 6.07) is 0. The van der Waals surface area contributed by atoms with Crippen LogP contribution >= 0.6 is 11.3 Å². The highest BCUT2D eigenvalue weighted by Crippen LogP contribution is 2.35. The van der Waals surface area contributed by atoms with E-state index in [9.17, 15) is 0 Å². The van der Waals surface area contributed by atoms with Crippen LogP contribution in [0.1, 0.15) is 56.3 Å². The summed E-state index contributed by atoms with van der Waals surface area (Å²) in [5.74, 6) is 0.421. The molecule has 17 heavy (non-hydrogen) atoms. The van der Waals surface area contributed by atoms with Crippen LogP contribution in [0.15, 0.2) is 0 Å². The van der Waals surface area contributed by atoms with Crippen molar-refractivity contribution >= 4 is 11.3 Å². The molecule has 1 aromatic heterocycles. The van der Waals surface area contributed by atoms with Gasteiger partial charge in [0.05, 0.1) is 5.69 Å². The largest absolute Gasteiger partial charge is 0.374 e. The lowest BCUT2D eigenvalue weighted by atomic mass is 9.91. The number of hydrogen-bond acceptors (Lipinski definition) is 4. The van der Waals surface area contributed by atoms with Crippen molar-refractivity contribution in [3.05, 3.63) is 15.6 Å². The van der Waals surface area contributed by atoms with Crippen molar-refractivity contribution < 1.29 is 4.74 Å². The number of thiazole rings is 1. The zero-order valence-electron chi connectivity index (χ0n) is 11.7. The van der Waals surface area contributed by atoms with Crippen LogP contribution in [0.25, 0.3) is 0 Å². The van der Waals surface area contributed by atoms with Gasteiger partial charge in [-0.2, -0.15) is 0 Å². The summed E-state index contributed by atoms with van der Waals surface area (Å²) in [6.07, 6.45) is 0.0707. The van der Waals surface area contributed by atoms with Gasteiger partial charge in [-0.1, -0.05) is 34.6 Å². The monoisotopic (exact) mass is 256 g/mol. The van der Waals surface area contributed by atoms with Gasteiger partial charge in [-0.25, -0.2) is 4.98 Å². The molecule has 1 unspecified atom stereocenters. The Bertz CT molecular complexity index is 366. The maximum atomic E-state index is 5.81. The van der Waals surface area contributed by atoms with Gasteiger partial charge in [0, 0.05) is 23.9 Å². The second-order valence-corrected chi connectivity index (χ2v) is 6.79. The lowest BCUT2D eigenvalue weighted by molar-refractivity contribution is 0.0642. The average Bonchev–Trinajstić information content (AvgIpc) is 2.61. The van der Waals surface area contributed by atoms with E-state index >= 15 is 0 Å². The zero-order valence-corrected chi connectivity index (χ0v) is 12.5. The Balaban J connectivity index is 3.16. The van der Waals surface area contributed by atoms with Crippen LogP contribution in [0.2, 0.25) is 0 Å². The minimum Gasteiger partial charge on any atom is -0.374 e. The Hall–Kier alpha value is -0.450. The van der Waals surface area contributed by atoms with Crippen LogP contribution in [-0.2, 0) is 16.7 Å².